The van der Waals surface area contributed by atoms with Crippen molar-refractivity contribution in [3.63, 3.8) is 0 Å². The normalized spacial score (nSPS) is 10.5. The van der Waals surface area contributed by atoms with E-state index >= 15 is 0 Å². The summed E-state index contributed by atoms with van der Waals surface area (Å²) >= 11 is 0. The first-order valence-corrected chi connectivity index (χ1v) is 7.80. The molecule has 0 radical (unpaired) electrons. The number of nitrogens with one attached hydrogen (secondary N) is 1. The Morgan fingerprint density at radius 3 is 2.38 bits per heavy atom. The molecule has 0 saturated heterocycles. The Morgan fingerprint density at radius 2 is 1.67 bits per heavy atom. The zero-order valence-corrected chi connectivity index (χ0v) is 14.0. The summed E-state index contributed by atoms with van der Waals surface area (Å²) in [4.78, 5) is 12.7. The van der Waals surface area contributed by atoms with Crippen molar-refractivity contribution in [1.29, 1.82) is 0 Å². The third-order valence-corrected chi connectivity index (χ3v) is 4.05. The number of carbonyl (C=O) groups is 1. The van der Waals surface area contributed by atoms with E-state index < -0.39 is 0 Å². The van der Waals surface area contributed by atoms with Gasteiger partial charge in [0.05, 0.1) is 18.4 Å². The van der Waals surface area contributed by atoms with Gasteiger partial charge >= 0.3 is 0 Å². The van der Waals surface area contributed by atoms with Crippen molar-refractivity contribution in [2.75, 3.05) is 12.4 Å². The van der Waals surface area contributed by atoms with Gasteiger partial charge in [0, 0.05) is 17.1 Å². The van der Waals surface area contributed by atoms with Crippen molar-refractivity contribution < 1.29 is 9.53 Å². The van der Waals surface area contributed by atoms with Crippen LogP contribution >= 0.6 is 0 Å². The largest absolute Gasteiger partial charge is 0.495 e. The van der Waals surface area contributed by atoms with Gasteiger partial charge in [0.25, 0.3) is 5.91 Å². The Hall–Kier alpha value is -3.01. The molecule has 0 atom stereocenters. The highest BCUT2D eigenvalue weighted by molar-refractivity contribution is 6.06. The number of methoxy groups -OCH3 is 1. The van der Waals surface area contributed by atoms with Gasteiger partial charge < -0.3 is 14.6 Å². The van der Waals surface area contributed by atoms with Gasteiger partial charge in [0.2, 0.25) is 0 Å². The number of ether oxygens (including phenoxy) is 1. The summed E-state index contributed by atoms with van der Waals surface area (Å²) in [6, 6.07) is 19.3. The van der Waals surface area contributed by atoms with Crippen LogP contribution in [0, 0.1) is 13.8 Å². The molecule has 0 spiro atoms. The van der Waals surface area contributed by atoms with Gasteiger partial charge in [0.1, 0.15) is 5.75 Å². The molecule has 3 aromatic rings. The summed E-state index contributed by atoms with van der Waals surface area (Å²) in [5.74, 6) is 0.498. The third-order valence-electron chi connectivity index (χ3n) is 4.05. The van der Waals surface area contributed by atoms with Crippen LogP contribution in [0.15, 0.2) is 60.7 Å². The fourth-order valence-corrected chi connectivity index (χ4v) is 2.90. The lowest BCUT2D eigenvalue weighted by Gasteiger charge is -2.11. The molecule has 0 aliphatic carbocycles. The molecule has 4 heteroatoms. The predicted octanol–water partition coefficient (Wildman–Crippen LogP) is 4.36. The first-order chi connectivity index (χ1) is 11.6. The number of nitrogens with zero attached hydrogens (tertiary/aromatic N) is 1. The Bertz CT molecular complexity index is 867. The van der Waals surface area contributed by atoms with Crippen LogP contribution in [0.3, 0.4) is 0 Å². The van der Waals surface area contributed by atoms with Gasteiger partial charge in [-0.05, 0) is 44.2 Å². The molecule has 3 rings (SSSR count). The number of hydrogen-bond acceptors (Lipinski definition) is 2. The molecule has 0 aliphatic rings. The third kappa shape index (κ3) is 2.91. The maximum atomic E-state index is 12.7. The molecule has 122 valence electrons. The van der Waals surface area contributed by atoms with Crippen molar-refractivity contribution in [2.24, 2.45) is 0 Å². The lowest BCUT2D eigenvalue weighted by atomic mass is 10.2. The molecule has 2 aromatic carbocycles. The van der Waals surface area contributed by atoms with E-state index in [4.69, 9.17) is 4.74 Å². The maximum absolute atomic E-state index is 12.7. The van der Waals surface area contributed by atoms with Crippen molar-refractivity contribution in [1.82, 2.24) is 4.57 Å². The summed E-state index contributed by atoms with van der Waals surface area (Å²) in [7, 11) is 1.59. The van der Waals surface area contributed by atoms with Crippen LogP contribution in [0.2, 0.25) is 0 Å². The van der Waals surface area contributed by atoms with Gasteiger partial charge in [-0.2, -0.15) is 0 Å². The molecule has 0 aliphatic heterocycles. The molecule has 0 fully saturated rings. The number of hydrogen-bond donors (Lipinski definition) is 1. The average Bonchev–Trinajstić information content (AvgIpc) is 2.90. The van der Waals surface area contributed by atoms with E-state index in [2.05, 4.69) is 9.88 Å². The minimum absolute atomic E-state index is 0.144. The van der Waals surface area contributed by atoms with Crippen molar-refractivity contribution in [3.05, 3.63) is 77.6 Å². The van der Waals surface area contributed by atoms with Crippen LogP contribution in [0.4, 0.5) is 5.69 Å². The smallest absolute Gasteiger partial charge is 0.257 e. The summed E-state index contributed by atoms with van der Waals surface area (Å²) in [6.07, 6.45) is 0. The van der Waals surface area contributed by atoms with Gasteiger partial charge in [-0.1, -0.05) is 30.3 Å². The van der Waals surface area contributed by atoms with E-state index in [1.807, 2.05) is 74.5 Å². The zero-order chi connectivity index (χ0) is 17.1. The Balaban J connectivity index is 1.94. The molecule has 1 N–H and O–H groups in total. The number of aryl methyl sites for hydroxylation is 1. The molecule has 24 heavy (non-hydrogen) atoms. The second-order valence-corrected chi connectivity index (χ2v) is 5.61. The molecule has 1 amide bonds. The maximum Gasteiger partial charge on any atom is 0.257 e. The minimum atomic E-state index is -0.144. The standard InChI is InChI=1S/C20H20N2O2/c1-14-13-17(15(2)22(14)16-9-5-4-6-10-16)20(23)21-18-11-7-8-12-19(18)24-3/h4-13H,1-3H3,(H,21,23). The topological polar surface area (TPSA) is 43.3 Å². The fraction of sp³-hybridized carbons (Fsp3) is 0.150. The van der Waals surface area contributed by atoms with Crippen LogP contribution in [-0.2, 0) is 0 Å². The first-order valence-electron chi connectivity index (χ1n) is 7.80. The van der Waals surface area contributed by atoms with Gasteiger partial charge in [-0.25, -0.2) is 0 Å². The van der Waals surface area contributed by atoms with Crippen LogP contribution in [-0.4, -0.2) is 17.6 Å². The number of benzene rings is 2. The highest BCUT2D eigenvalue weighted by Gasteiger charge is 2.17. The number of aromatic nitrogens is 1. The lowest BCUT2D eigenvalue weighted by Crippen LogP contribution is -2.13. The summed E-state index contributed by atoms with van der Waals surface area (Å²) in [6.45, 7) is 3.96. The molecular formula is C20H20N2O2. The monoisotopic (exact) mass is 320 g/mol. The second kappa shape index (κ2) is 6.62. The summed E-state index contributed by atoms with van der Waals surface area (Å²) in [5.41, 5.74) is 4.29. The van der Waals surface area contributed by atoms with Gasteiger partial charge in [-0.3, -0.25) is 4.79 Å². The van der Waals surface area contributed by atoms with Crippen LogP contribution in [0.5, 0.6) is 5.75 Å². The average molecular weight is 320 g/mol. The van der Waals surface area contributed by atoms with Gasteiger partial charge in [-0.15, -0.1) is 0 Å². The molecular weight excluding hydrogens is 300 g/mol. The van der Waals surface area contributed by atoms with Crippen LogP contribution < -0.4 is 10.1 Å². The van der Waals surface area contributed by atoms with Gasteiger partial charge in [0.15, 0.2) is 0 Å². The predicted molar refractivity (Wildman–Crippen MR) is 96.2 cm³/mol. The molecule has 0 bridgehead atoms. The fourth-order valence-electron chi connectivity index (χ4n) is 2.90. The number of carbonyl (C=O) groups excluding carboxylic acids is 1. The van der Waals surface area contributed by atoms with E-state index in [1.165, 1.54) is 0 Å². The van der Waals surface area contributed by atoms with Crippen molar-refractivity contribution in [3.8, 4) is 11.4 Å². The van der Waals surface area contributed by atoms with E-state index in [1.54, 1.807) is 7.11 Å². The molecule has 1 heterocycles. The summed E-state index contributed by atoms with van der Waals surface area (Å²) in [5, 5.41) is 2.93. The molecule has 0 unspecified atom stereocenters. The van der Waals surface area contributed by atoms with E-state index in [0.717, 1.165) is 17.1 Å². The molecule has 4 nitrogen and oxygen atoms in total. The summed E-state index contributed by atoms with van der Waals surface area (Å²) < 4.78 is 7.37. The van der Waals surface area contributed by atoms with E-state index in [0.29, 0.717) is 17.0 Å². The first kappa shape index (κ1) is 15.9. The van der Waals surface area contributed by atoms with Crippen LogP contribution in [0.25, 0.3) is 5.69 Å². The van der Waals surface area contributed by atoms with E-state index in [9.17, 15) is 4.79 Å². The lowest BCUT2D eigenvalue weighted by molar-refractivity contribution is 0.102. The quantitative estimate of drug-likeness (QED) is 0.776. The number of rotatable bonds is 4. The molecule has 0 saturated carbocycles. The highest BCUT2D eigenvalue weighted by Crippen LogP contribution is 2.26. The minimum Gasteiger partial charge on any atom is -0.495 e. The Morgan fingerprint density at radius 1 is 1.00 bits per heavy atom. The van der Waals surface area contributed by atoms with Crippen molar-refractivity contribution >= 4 is 11.6 Å². The van der Waals surface area contributed by atoms with Crippen molar-refractivity contribution in [2.45, 2.75) is 13.8 Å². The number of amides is 1. The second-order valence-electron chi connectivity index (χ2n) is 5.61. The Labute approximate surface area is 141 Å². The Kier molecular flexibility index (Phi) is 4.38. The molecule has 1 aromatic heterocycles. The zero-order valence-electron chi connectivity index (χ0n) is 14.0. The SMILES string of the molecule is COc1ccccc1NC(=O)c1cc(C)n(-c2ccccc2)c1C. The number of para-hydroxylation sites is 3. The highest BCUT2D eigenvalue weighted by atomic mass is 16.5. The van der Waals surface area contributed by atoms with E-state index in [-0.39, 0.29) is 5.91 Å². The van der Waals surface area contributed by atoms with Crippen LogP contribution in [0.1, 0.15) is 21.7 Å². The number of anilines is 1.